The molecule has 0 fully saturated rings. The maximum atomic E-state index is 12.9. The Bertz CT molecular complexity index is 566. The third-order valence-electron chi connectivity index (χ3n) is 5.15. The number of nitriles is 1. The van der Waals surface area contributed by atoms with Crippen LogP contribution in [0.3, 0.4) is 0 Å². The van der Waals surface area contributed by atoms with Gasteiger partial charge in [-0.2, -0.15) is 5.26 Å². The van der Waals surface area contributed by atoms with Crippen molar-refractivity contribution < 1.29 is 9.28 Å². The first-order valence-electron chi connectivity index (χ1n) is 8.56. The lowest BCUT2D eigenvalue weighted by Gasteiger charge is -2.41. The van der Waals surface area contributed by atoms with Crippen molar-refractivity contribution in [2.24, 2.45) is 0 Å². The van der Waals surface area contributed by atoms with Gasteiger partial charge in [-0.1, -0.05) is 6.92 Å². The van der Waals surface area contributed by atoms with Crippen LogP contribution in [-0.2, 0) is 4.79 Å². The molecule has 1 N–H and O–H groups in total. The molecule has 1 rings (SSSR count). The Morgan fingerprint density at radius 2 is 1.61 bits per heavy atom. The zero-order chi connectivity index (χ0) is 17.6. The molecule has 0 aliphatic rings. The highest BCUT2D eigenvalue weighted by atomic mass is 16.2. The highest BCUT2D eigenvalue weighted by molar-refractivity contribution is 5.95. The molecule has 0 spiro atoms. The zero-order valence-electron chi connectivity index (χ0n) is 15.4. The van der Waals surface area contributed by atoms with Gasteiger partial charge in [-0.05, 0) is 57.9 Å². The van der Waals surface area contributed by atoms with E-state index in [-0.39, 0.29) is 11.9 Å². The lowest BCUT2D eigenvalue weighted by Crippen LogP contribution is -2.59. The van der Waals surface area contributed by atoms with E-state index in [2.05, 4.69) is 39.1 Å². The number of hydrogen-bond donors (Lipinski definition) is 1. The van der Waals surface area contributed by atoms with Gasteiger partial charge < -0.3 is 9.80 Å². The fraction of sp³-hybridized carbons (Fsp3) is 0.579. The molecular formula is C19H30N3O+. The Hall–Kier alpha value is -1.86. The summed E-state index contributed by atoms with van der Waals surface area (Å²) >= 11 is 0. The van der Waals surface area contributed by atoms with Crippen LogP contribution in [0.2, 0.25) is 0 Å². The molecule has 1 amide bonds. The van der Waals surface area contributed by atoms with Crippen molar-refractivity contribution >= 4 is 11.6 Å². The average Bonchev–Trinajstić information content (AvgIpc) is 2.55. The van der Waals surface area contributed by atoms with Crippen LogP contribution in [0, 0.1) is 25.2 Å². The molecular weight excluding hydrogens is 286 g/mol. The number of rotatable bonds is 7. The predicted molar refractivity (Wildman–Crippen MR) is 95.2 cm³/mol. The lowest BCUT2D eigenvalue weighted by molar-refractivity contribution is -0.938. The van der Waals surface area contributed by atoms with E-state index in [0.717, 1.165) is 47.4 Å². The van der Waals surface area contributed by atoms with Crippen molar-refractivity contribution in [3.8, 4) is 6.07 Å². The number of carbonyl (C=O) groups is 1. The molecule has 4 nitrogen and oxygen atoms in total. The van der Waals surface area contributed by atoms with Gasteiger partial charge >= 0.3 is 0 Å². The highest BCUT2D eigenvalue weighted by Crippen LogP contribution is 2.24. The number of carbonyl (C=O) groups excluding carboxylic acids is 1. The first kappa shape index (κ1) is 19.2. The van der Waals surface area contributed by atoms with Crippen LogP contribution < -0.4 is 5.32 Å². The summed E-state index contributed by atoms with van der Waals surface area (Å²) in [5, 5.41) is 12.2. The number of likely N-dealkylation sites (N-methyl/N-ethyl adjacent to an activating group) is 1. The molecule has 1 unspecified atom stereocenters. The monoisotopic (exact) mass is 316 g/mol. The number of anilines is 1. The molecule has 0 saturated heterocycles. The van der Waals surface area contributed by atoms with E-state index in [0.29, 0.717) is 5.56 Å². The standard InChI is InChI=1S/C19H29N3O/c1-7-17(22(8-2,9-3)10-4)19(23)21-18-14(5)11-16(13-20)12-15(18)6/h11-12,17H,7-10H2,1-6H3/p+1. The summed E-state index contributed by atoms with van der Waals surface area (Å²) in [4.78, 5) is 12.9. The van der Waals surface area contributed by atoms with Crippen LogP contribution >= 0.6 is 0 Å². The molecule has 0 aromatic heterocycles. The molecule has 0 saturated carbocycles. The number of hydrogen-bond acceptors (Lipinski definition) is 2. The van der Waals surface area contributed by atoms with Gasteiger partial charge in [0.25, 0.3) is 5.91 Å². The molecule has 0 aliphatic carbocycles. The van der Waals surface area contributed by atoms with Crippen molar-refractivity contribution in [1.29, 1.82) is 5.26 Å². The molecule has 0 radical (unpaired) electrons. The van der Waals surface area contributed by atoms with Crippen LogP contribution in [0.4, 0.5) is 5.69 Å². The second-order valence-electron chi connectivity index (χ2n) is 6.18. The second-order valence-corrected chi connectivity index (χ2v) is 6.18. The Labute approximate surface area is 140 Å². The van der Waals surface area contributed by atoms with E-state index in [1.165, 1.54) is 0 Å². The number of aryl methyl sites for hydroxylation is 2. The van der Waals surface area contributed by atoms with E-state index in [9.17, 15) is 4.79 Å². The first-order valence-corrected chi connectivity index (χ1v) is 8.56. The summed E-state index contributed by atoms with van der Waals surface area (Å²) < 4.78 is 0.802. The van der Waals surface area contributed by atoms with E-state index >= 15 is 0 Å². The van der Waals surface area contributed by atoms with E-state index in [1.54, 1.807) is 0 Å². The summed E-state index contributed by atoms with van der Waals surface area (Å²) in [5.41, 5.74) is 3.35. The Balaban J connectivity index is 3.13. The number of nitrogens with zero attached hydrogens (tertiary/aromatic N) is 2. The summed E-state index contributed by atoms with van der Waals surface area (Å²) in [6.07, 6.45) is 0.815. The fourth-order valence-electron chi connectivity index (χ4n) is 3.59. The molecule has 23 heavy (non-hydrogen) atoms. The van der Waals surface area contributed by atoms with Crippen LogP contribution in [0.1, 0.15) is 50.8 Å². The second kappa shape index (κ2) is 8.12. The minimum Gasteiger partial charge on any atom is -0.320 e. The van der Waals surface area contributed by atoms with Crippen LogP contribution in [-0.4, -0.2) is 36.1 Å². The van der Waals surface area contributed by atoms with Crippen LogP contribution in [0.25, 0.3) is 0 Å². The van der Waals surface area contributed by atoms with Crippen LogP contribution in [0.15, 0.2) is 12.1 Å². The number of amides is 1. The van der Waals surface area contributed by atoms with Gasteiger partial charge in [0.05, 0.1) is 31.3 Å². The Kier molecular flexibility index (Phi) is 6.78. The molecule has 1 aromatic rings. The van der Waals surface area contributed by atoms with Crippen molar-refractivity contribution in [3.05, 3.63) is 28.8 Å². The smallest absolute Gasteiger partial charge is 0.282 e. The van der Waals surface area contributed by atoms with Gasteiger partial charge in [0.2, 0.25) is 0 Å². The summed E-state index contributed by atoms with van der Waals surface area (Å²) in [7, 11) is 0. The van der Waals surface area contributed by atoms with Gasteiger partial charge in [0.15, 0.2) is 6.04 Å². The molecule has 4 heteroatoms. The van der Waals surface area contributed by atoms with Gasteiger partial charge in [-0.3, -0.25) is 4.79 Å². The molecule has 0 heterocycles. The third kappa shape index (κ3) is 3.92. The summed E-state index contributed by atoms with van der Waals surface area (Å²) in [6.45, 7) is 15.3. The van der Waals surface area contributed by atoms with Gasteiger partial charge in [-0.15, -0.1) is 0 Å². The van der Waals surface area contributed by atoms with Gasteiger partial charge in [-0.25, -0.2) is 0 Å². The van der Waals surface area contributed by atoms with Gasteiger partial charge in [0, 0.05) is 12.1 Å². The van der Waals surface area contributed by atoms with E-state index < -0.39 is 0 Å². The van der Waals surface area contributed by atoms with E-state index in [1.807, 2.05) is 26.0 Å². The average molecular weight is 316 g/mol. The minimum atomic E-state index is -0.0514. The molecule has 1 aromatic carbocycles. The maximum absolute atomic E-state index is 12.9. The number of nitrogens with one attached hydrogen (secondary N) is 1. The fourth-order valence-corrected chi connectivity index (χ4v) is 3.59. The molecule has 1 atom stereocenters. The third-order valence-corrected chi connectivity index (χ3v) is 5.15. The normalized spacial score (nSPS) is 12.6. The van der Waals surface area contributed by atoms with E-state index in [4.69, 9.17) is 5.26 Å². The van der Waals surface area contributed by atoms with Crippen molar-refractivity contribution in [2.75, 3.05) is 25.0 Å². The lowest BCUT2D eigenvalue weighted by atomic mass is 10.0. The van der Waals surface area contributed by atoms with Crippen molar-refractivity contribution in [3.63, 3.8) is 0 Å². The predicted octanol–water partition coefficient (Wildman–Crippen LogP) is 3.77. The topological polar surface area (TPSA) is 52.9 Å². The zero-order valence-corrected chi connectivity index (χ0v) is 15.4. The van der Waals surface area contributed by atoms with Crippen molar-refractivity contribution in [1.82, 2.24) is 0 Å². The number of quaternary nitrogens is 1. The number of benzene rings is 1. The highest BCUT2D eigenvalue weighted by Gasteiger charge is 2.37. The largest absolute Gasteiger partial charge is 0.320 e. The minimum absolute atomic E-state index is 0.0514. The SMILES string of the molecule is CCC(C(=O)Nc1c(C)cc(C#N)cc1C)[N+](CC)(CC)CC. The van der Waals surface area contributed by atoms with Crippen LogP contribution in [0.5, 0.6) is 0 Å². The quantitative estimate of drug-likeness (QED) is 0.779. The maximum Gasteiger partial charge on any atom is 0.282 e. The molecule has 0 bridgehead atoms. The van der Waals surface area contributed by atoms with Crippen molar-refractivity contribution in [2.45, 2.75) is 54.0 Å². The molecule has 0 aliphatic heterocycles. The Morgan fingerprint density at radius 1 is 1.13 bits per heavy atom. The van der Waals surface area contributed by atoms with Gasteiger partial charge in [0.1, 0.15) is 0 Å². The Morgan fingerprint density at radius 3 is 1.96 bits per heavy atom. The summed E-state index contributed by atoms with van der Waals surface area (Å²) in [6, 6.07) is 5.76. The molecule has 126 valence electrons. The summed E-state index contributed by atoms with van der Waals surface area (Å²) in [5.74, 6) is 0.0777. The first-order chi connectivity index (χ1) is 10.9.